The molecule has 76 valence electrons. The zero-order chi connectivity index (χ0) is 8.36. The first-order chi connectivity index (χ1) is 5.41. The van der Waals surface area contributed by atoms with Gasteiger partial charge >= 0.3 is 0 Å². The van der Waals surface area contributed by atoms with Crippen molar-refractivity contribution in [1.29, 1.82) is 0 Å². The lowest BCUT2D eigenvalue weighted by atomic mass is 10.1. The average molecular weight is 174 g/mol. The van der Waals surface area contributed by atoms with Gasteiger partial charge < -0.3 is 5.48 Å². The molecule has 0 saturated heterocycles. The molecule has 0 aliphatic heterocycles. The van der Waals surface area contributed by atoms with E-state index in [1.54, 1.807) is 0 Å². The topological polar surface area (TPSA) is 31.5 Å². The second kappa shape index (κ2) is 13.5. The molecule has 0 rings (SSSR count). The number of hydrogen-bond acceptors (Lipinski definition) is 0. The van der Waals surface area contributed by atoms with Crippen molar-refractivity contribution in [3.8, 4) is 0 Å². The van der Waals surface area contributed by atoms with Gasteiger partial charge in [0.1, 0.15) is 0 Å². The monoisotopic (exact) mass is 174 g/mol. The van der Waals surface area contributed by atoms with E-state index in [1.807, 2.05) is 0 Å². The normalized spacial score (nSPS) is 9.50. The van der Waals surface area contributed by atoms with Crippen LogP contribution in [0.5, 0.6) is 0 Å². The summed E-state index contributed by atoms with van der Waals surface area (Å²) in [5.74, 6) is 0. The standard InChI is InChI=1S/C11H24.H2O/c1-3-5-7-9-11-10-8-6-4-2;/h3-11H2,1-2H3;1H2. The molecule has 0 spiro atoms. The molecule has 1 heteroatoms. The Morgan fingerprint density at radius 1 is 0.500 bits per heavy atom. The minimum Gasteiger partial charge on any atom is -0.412 e. The van der Waals surface area contributed by atoms with Crippen LogP contribution in [0, 0.1) is 0 Å². The fourth-order valence-corrected chi connectivity index (χ4v) is 1.38. The molecule has 0 radical (unpaired) electrons. The number of rotatable bonds is 8. The maximum Gasteiger partial charge on any atom is -0.0533 e. The summed E-state index contributed by atoms with van der Waals surface area (Å²) in [6.45, 7) is 4.55. The van der Waals surface area contributed by atoms with Crippen LogP contribution in [0.15, 0.2) is 0 Å². The van der Waals surface area contributed by atoms with Gasteiger partial charge in [0, 0.05) is 0 Å². The lowest BCUT2D eigenvalue weighted by molar-refractivity contribution is 0.572. The van der Waals surface area contributed by atoms with E-state index >= 15 is 0 Å². The summed E-state index contributed by atoms with van der Waals surface area (Å²) in [6, 6.07) is 0. The highest BCUT2D eigenvalue weighted by Gasteiger charge is 1.88. The summed E-state index contributed by atoms with van der Waals surface area (Å²) in [6.07, 6.45) is 13.0. The Bertz CT molecular complexity index is 54.0. The molecule has 0 aliphatic rings. The average Bonchev–Trinajstić information content (AvgIpc) is 2.03. The minimum atomic E-state index is 0. The third-order valence-corrected chi connectivity index (χ3v) is 2.21. The molecular formula is C11H26O. The highest BCUT2D eigenvalue weighted by atomic mass is 16.0. The molecule has 0 aliphatic carbocycles. The van der Waals surface area contributed by atoms with E-state index in [0.717, 1.165) is 0 Å². The van der Waals surface area contributed by atoms with E-state index in [0.29, 0.717) is 0 Å². The van der Waals surface area contributed by atoms with Gasteiger partial charge in [-0.2, -0.15) is 0 Å². The minimum absolute atomic E-state index is 0. The van der Waals surface area contributed by atoms with Crippen LogP contribution in [0.2, 0.25) is 0 Å². The van der Waals surface area contributed by atoms with Gasteiger partial charge in [0.25, 0.3) is 0 Å². The van der Waals surface area contributed by atoms with Crippen molar-refractivity contribution in [1.82, 2.24) is 0 Å². The maximum atomic E-state index is 2.27. The van der Waals surface area contributed by atoms with Gasteiger partial charge in [-0.3, -0.25) is 0 Å². The summed E-state index contributed by atoms with van der Waals surface area (Å²) in [4.78, 5) is 0. The van der Waals surface area contributed by atoms with Gasteiger partial charge in [-0.25, -0.2) is 0 Å². The van der Waals surface area contributed by atoms with Crippen LogP contribution >= 0.6 is 0 Å². The third-order valence-electron chi connectivity index (χ3n) is 2.21. The van der Waals surface area contributed by atoms with Crippen molar-refractivity contribution in [2.75, 3.05) is 0 Å². The molecule has 2 N–H and O–H groups in total. The summed E-state index contributed by atoms with van der Waals surface area (Å²) >= 11 is 0. The molecule has 1 nitrogen and oxygen atoms in total. The molecule has 0 heterocycles. The van der Waals surface area contributed by atoms with E-state index in [-0.39, 0.29) is 5.48 Å². The Hall–Kier alpha value is -0.0400. The molecular weight excluding hydrogens is 148 g/mol. The molecule has 0 aromatic heterocycles. The lowest BCUT2D eigenvalue weighted by Gasteiger charge is -1.98. The van der Waals surface area contributed by atoms with Gasteiger partial charge in [0.2, 0.25) is 0 Å². The Morgan fingerprint density at radius 2 is 0.750 bits per heavy atom. The quantitative estimate of drug-likeness (QED) is 0.502. The predicted molar refractivity (Wildman–Crippen MR) is 56.5 cm³/mol. The first kappa shape index (κ1) is 14.5. The van der Waals surface area contributed by atoms with Crippen molar-refractivity contribution >= 4 is 0 Å². The molecule has 0 saturated carbocycles. The highest BCUT2D eigenvalue weighted by Crippen LogP contribution is 2.08. The zero-order valence-electron chi connectivity index (χ0n) is 8.86. The van der Waals surface area contributed by atoms with E-state index in [9.17, 15) is 0 Å². The van der Waals surface area contributed by atoms with Crippen LogP contribution in [-0.2, 0) is 0 Å². The fraction of sp³-hybridized carbons (Fsp3) is 1.00. The van der Waals surface area contributed by atoms with Crippen LogP contribution in [-0.4, -0.2) is 5.48 Å². The fourth-order valence-electron chi connectivity index (χ4n) is 1.38. The molecule has 0 aromatic rings. The Balaban J connectivity index is 0. The second-order valence-electron chi connectivity index (χ2n) is 3.47. The van der Waals surface area contributed by atoms with Crippen molar-refractivity contribution < 1.29 is 5.48 Å². The van der Waals surface area contributed by atoms with Crippen LogP contribution in [0.3, 0.4) is 0 Å². The molecule has 0 aromatic carbocycles. The van der Waals surface area contributed by atoms with Gasteiger partial charge in [0.05, 0.1) is 0 Å². The third kappa shape index (κ3) is 12.6. The molecule has 0 bridgehead atoms. The van der Waals surface area contributed by atoms with Crippen LogP contribution in [0.1, 0.15) is 71.6 Å². The first-order valence-corrected chi connectivity index (χ1v) is 5.41. The van der Waals surface area contributed by atoms with E-state index in [4.69, 9.17) is 0 Å². The van der Waals surface area contributed by atoms with Crippen molar-refractivity contribution in [2.45, 2.75) is 71.6 Å². The van der Waals surface area contributed by atoms with Crippen LogP contribution < -0.4 is 0 Å². The largest absolute Gasteiger partial charge is 0.412 e. The summed E-state index contributed by atoms with van der Waals surface area (Å²) in [5, 5.41) is 0. The Labute approximate surface area is 77.9 Å². The molecule has 0 fully saturated rings. The summed E-state index contributed by atoms with van der Waals surface area (Å²) in [5.41, 5.74) is 0. The smallest absolute Gasteiger partial charge is 0.0533 e. The van der Waals surface area contributed by atoms with E-state index < -0.39 is 0 Å². The van der Waals surface area contributed by atoms with Crippen LogP contribution in [0.4, 0.5) is 0 Å². The van der Waals surface area contributed by atoms with E-state index in [2.05, 4.69) is 13.8 Å². The van der Waals surface area contributed by atoms with Crippen molar-refractivity contribution in [3.63, 3.8) is 0 Å². The van der Waals surface area contributed by atoms with Gasteiger partial charge in [-0.1, -0.05) is 71.6 Å². The molecule has 0 amide bonds. The second-order valence-corrected chi connectivity index (χ2v) is 3.47. The van der Waals surface area contributed by atoms with Crippen LogP contribution in [0.25, 0.3) is 0 Å². The van der Waals surface area contributed by atoms with Gasteiger partial charge in [-0.05, 0) is 0 Å². The zero-order valence-corrected chi connectivity index (χ0v) is 8.86. The maximum absolute atomic E-state index is 2.27. The first-order valence-electron chi connectivity index (χ1n) is 5.41. The van der Waals surface area contributed by atoms with E-state index in [1.165, 1.54) is 57.8 Å². The molecule has 0 atom stereocenters. The number of unbranched alkanes of at least 4 members (excludes halogenated alkanes) is 8. The van der Waals surface area contributed by atoms with Crippen molar-refractivity contribution in [3.05, 3.63) is 0 Å². The predicted octanol–water partition coefficient (Wildman–Crippen LogP) is 3.71. The Morgan fingerprint density at radius 3 is 1.00 bits per heavy atom. The highest BCUT2D eigenvalue weighted by molar-refractivity contribution is 4.44. The summed E-state index contributed by atoms with van der Waals surface area (Å²) < 4.78 is 0. The van der Waals surface area contributed by atoms with Gasteiger partial charge in [0.15, 0.2) is 0 Å². The Kier molecular flexibility index (Phi) is 16.3. The lowest BCUT2D eigenvalue weighted by Crippen LogP contribution is -1.79. The molecule has 0 unspecified atom stereocenters. The van der Waals surface area contributed by atoms with Crippen molar-refractivity contribution in [2.24, 2.45) is 0 Å². The van der Waals surface area contributed by atoms with Gasteiger partial charge in [-0.15, -0.1) is 0 Å². The number of hydrogen-bond donors (Lipinski definition) is 0. The SMILES string of the molecule is CCCCCCCCCCC.O. The molecule has 12 heavy (non-hydrogen) atoms. The summed E-state index contributed by atoms with van der Waals surface area (Å²) in [7, 11) is 0.